The Labute approximate surface area is 121 Å². The van der Waals surface area contributed by atoms with Crippen molar-refractivity contribution in [3.05, 3.63) is 11.6 Å². The van der Waals surface area contributed by atoms with Crippen molar-refractivity contribution in [2.45, 2.75) is 70.4 Å². The molecule has 1 unspecified atom stereocenters. The average Bonchev–Trinajstić information content (AvgIpc) is 3.26. The van der Waals surface area contributed by atoms with Gasteiger partial charge in [0, 0.05) is 19.5 Å². The Morgan fingerprint density at radius 3 is 2.55 bits per heavy atom. The van der Waals surface area contributed by atoms with Crippen LogP contribution in [0.1, 0.15) is 69.1 Å². The van der Waals surface area contributed by atoms with Crippen molar-refractivity contribution in [1.29, 1.82) is 0 Å². The van der Waals surface area contributed by atoms with Gasteiger partial charge in [0.2, 0.25) is 0 Å². The zero-order chi connectivity index (χ0) is 13.4. The molecule has 2 aliphatic carbocycles. The molecule has 2 fully saturated rings. The van der Waals surface area contributed by atoms with Gasteiger partial charge in [-0.15, -0.1) is 10.2 Å². The Morgan fingerprint density at radius 1 is 1.00 bits per heavy atom. The van der Waals surface area contributed by atoms with Gasteiger partial charge in [-0.1, -0.05) is 38.5 Å². The van der Waals surface area contributed by atoms with Crippen molar-refractivity contribution in [1.82, 2.24) is 20.1 Å². The second kappa shape index (κ2) is 5.47. The second-order valence-electron chi connectivity index (χ2n) is 6.96. The summed E-state index contributed by atoms with van der Waals surface area (Å²) in [5, 5.41) is 12.7. The topological polar surface area (TPSA) is 42.7 Å². The fraction of sp³-hybridized carbons (Fsp3) is 0.875. The Bertz CT molecular complexity index is 455. The van der Waals surface area contributed by atoms with Crippen LogP contribution in [0.4, 0.5) is 0 Å². The van der Waals surface area contributed by atoms with E-state index in [4.69, 9.17) is 0 Å². The molecule has 1 aromatic rings. The van der Waals surface area contributed by atoms with Gasteiger partial charge in [0.25, 0.3) is 0 Å². The molecule has 2 heterocycles. The predicted octanol–water partition coefficient (Wildman–Crippen LogP) is 2.85. The first-order chi connectivity index (χ1) is 9.92. The maximum Gasteiger partial charge on any atom is 0.150 e. The molecule has 1 aliphatic heterocycles. The van der Waals surface area contributed by atoms with E-state index in [2.05, 4.69) is 20.1 Å². The third-order valence-electron chi connectivity index (χ3n) is 5.37. The number of aromatic nitrogens is 3. The number of rotatable bonds is 3. The first kappa shape index (κ1) is 12.8. The van der Waals surface area contributed by atoms with E-state index >= 15 is 0 Å². The summed E-state index contributed by atoms with van der Waals surface area (Å²) in [5.74, 6) is 4.16. The molecule has 1 N–H and O–H groups in total. The minimum absolute atomic E-state index is 0.485. The lowest BCUT2D eigenvalue weighted by Gasteiger charge is -2.25. The molecule has 1 atom stereocenters. The summed E-state index contributed by atoms with van der Waals surface area (Å²) >= 11 is 0. The molecule has 1 aromatic heterocycles. The molecule has 0 saturated heterocycles. The highest BCUT2D eigenvalue weighted by atomic mass is 15.3. The van der Waals surface area contributed by atoms with Gasteiger partial charge in [-0.2, -0.15) is 0 Å². The fourth-order valence-electron chi connectivity index (χ4n) is 4.03. The Balaban J connectivity index is 1.51. The van der Waals surface area contributed by atoms with Crippen LogP contribution in [0.3, 0.4) is 0 Å². The van der Waals surface area contributed by atoms with Crippen LogP contribution in [0.25, 0.3) is 0 Å². The van der Waals surface area contributed by atoms with Gasteiger partial charge in [0.15, 0.2) is 5.82 Å². The summed E-state index contributed by atoms with van der Waals surface area (Å²) in [5.41, 5.74) is 0. The van der Waals surface area contributed by atoms with Gasteiger partial charge in [-0.05, 0) is 24.7 Å². The molecular weight excluding hydrogens is 248 g/mol. The Hall–Kier alpha value is -0.900. The highest BCUT2D eigenvalue weighted by Crippen LogP contribution is 2.41. The van der Waals surface area contributed by atoms with E-state index < -0.39 is 0 Å². The lowest BCUT2D eigenvalue weighted by molar-refractivity contribution is 0.368. The van der Waals surface area contributed by atoms with Crippen LogP contribution in [0.2, 0.25) is 0 Å². The number of hydrogen-bond acceptors (Lipinski definition) is 3. The van der Waals surface area contributed by atoms with E-state index in [0.717, 1.165) is 31.3 Å². The molecule has 0 aromatic carbocycles. The lowest BCUT2D eigenvalue weighted by atomic mass is 9.96. The minimum Gasteiger partial charge on any atom is -0.312 e. The highest BCUT2D eigenvalue weighted by molar-refractivity contribution is 5.09. The second-order valence-corrected chi connectivity index (χ2v) is 6.96. The van der Waals surface area contributed by atoms with Gasteiger partial charge in [-0.3, -0.25) is 0 Å². The van der Waals surface area contributed by atoms with Crippen LogP contribution in [-0.2, 0) is 13.0 Å². The predicted molar refractivity (Wildman–Crippen MR) is 78.4 cm³/mol. The maximum atomic E-state index is 4.56. The molecule has 2 saturated carbocycles. The molecule has 4 rings (SSSR count). The zero-order valence-electron chi connectivity index (χ0n) is 12.4. The van der Waals surface area contributed by atoms with Crippen LogP contribution in [0.5, 0.6) is 0 Å². The van der Waals surface area contributed by atoms with E-state index in [0.29, 0.717) is 6.04 Å². The van der Waals surface area contributed by atoms with Crippen molar-refractivity contribution < 1.29 is 0 Å². The maximum absolute atomic E-state index is 4.56. The van der Waals surface area contributed by atoms with Crippen LogP contribution in [-0.4, -0.2) is 21.3 Å². The summed E-state index contributed by atoms with van der Waals surface area (Å²) < 4.78 is 2.43. The van der Waals surface area contributed by atoms with Crippen molar-refractivity contribution in [2.75, 3.05) is 6.54 Å². The summed E-state index contributed by atoms with van der Waals surface area (Å²) in [4.78, 5) is 0. The van der Waals surface area contributed by atoms with Crippen molar-refractivity contribution in [3.8, 4) is 0 Å². The number of hydrogen-bond donors (Lipinski definition) is 1. The highest BCUT2D eigenvalue weighted by Gasteiger charge is 2.37. The number of nitrogens with zero attached hydrogens (tertiary/aromatic N) is 3. The molecule has 4 nitrogen and oxygen atoms in total. The lowest BCUT2D eigenvalue weighted by Crippen LogP contribution is -2.35. The monoisotopic (exact) mass is 274 g/mol. The third kappa shape index (κ3) is 2.50. The molecular formula is C16H26N4. The van der Waals surface area contributed by atoms with Gasteiger partial charge in [0.1, 0.15) is 5.82 Å². The van der Waals surface area contributed by atoms with E-state index in [1.165, 1.54) is 63.0 Å². The molecule has 0 bridgehead atoms. The smallest absolute Gasteiger partial charge is 0.150 e. The van der Waals surface area contributed by atoms with E-state index in [9.17, 15) is 0 Å². The summed E-state index contributed by atoms with van der Waals surface area (Å²) in [6.07, 6.45) is 12.4. The molecule has 0 spiro atoms. The van der Waals surface area contributed by atoms with Crippen LogP contribution in [0, 0.1) is 11.8 Å². The van der Waals surface area contributed by atoms with Crippen LogP contribution in [0.15, 0.2) is 0 Å². The van der Waals surface area contributed by atoms with Gasteiger partial charge in [0.05, 0.1) is 6.04 Å². The van der Waals surface area contributed by atoms with E-state index in [1.807, 2.05) is 0 Å². The fourth-order valence-corrected chi connectivity index (χ4v) is 4.03. The van der Waals surface area contributed by atoms with Gasteiger partial charge < -0.3 is 9.88 Å². The van der Waals surface area contributed by atoms with Crippen molar-refractivity contribution in [3.63, 3.8) is 0 Å². The first-order valence-electron chi connectivity index (χ1n) is 8.57. The van der Waals surface area contributed by atoms with E-state index in [1.54, 1.807) is 0 Å². The van der Waals surface area contributed by atoms with Crippen molar-refractivity contribution >= 4 is 0 Å². The summed E-state index contributed by atoms with van der Waals surface area (Å²) in [6, 6.07) is 0.485. The molecule has 4 heteroatoms. The number of nitrogens with one attached hydrogen (secondary N) is 1. The van der Waals surface area contributed by atoms with Crippen LogP contribution < -0.4 is 5.32 Å². The molecule has 110 valence electrons. The summed E-state index contributed by atoms with van der Waals surface area (Å²) in [7, 11) is 0. The SMILES string of the molecule is C1CCCC(Cc2nnc3n2CCNC3C2CC2)CC1. The average molecular weight is 274 g/mol. The molecule has 20 heavy (non-hydrogen) atoms. The Morgan fingerprint density at radius 2 is 1.80 bits per heavy atom. The number of fused-ring (bicyclic) bond motifs is 1. The van der Waals surface area contributed by atoms with E-state index in [-0.39, 0.29) is 0 Å². The first-order valence-corrected chi connectivity index (χ1v) is 8.57. The van der Waals surface area contributed by atoms with Crippen molar-refractivity contribution in [2.24, 2.45) is 11.8 Å². The van der Waals surface area contributed by atoms with Gasteiger partial charge in [-0.25, -0.2) is 0 Å². The Kier molecular flexibility index (Phi) is 3.51. The molecule has 0 amide bonds. The third-order valence-corrected chi connectivity index (χ3v) is 5.37. The van der Waals surface area contributed by atoms with Gasteiger partial charge >= 0.3 is 0 Å². The molecule has 0 radical (unpaired) electrons. The van der Waals surface area contributed by atoms with Crippen LogP contribution >= 0.6 is 0 Å². The zero-order valence-corrected chi connectivity index (χ0v) is 12.4. The normalized spacial score (nSPS) is 28.1. The minimum atomic E-state index is 0.485. The summed E-state index contributed by atoms with van der Waals surface area (Å²) in [6.45, 7) is 2.15. The largest absolute Gasteiger partial charge is 0.312 e. The standard InChI is InChI=1S/C16H26N4/c1-2-4-6-12(5-3-1)11-14-18-19-16-15(13-7-8-13)17-9-10-20(14)16/h12-13,15,17H,1-11H2. The quantitative estimate of drug-likeness (QED) is 0.862. The molecule has 3 aliphatic rings.